The van der Waals surface area contributed by atoms with E-state index >= 15 is 0 Å². The number of piperidine rings is 1. The maximum atomic E-state index is 13.9. The number of amides is 2. The molecular weight excluding hydrogens is 369 g/mol. The summed E-state index contributed by atoms with van der Waals surface area (Å²) in [5.74, 6) is -0.642. The maximum absolute atomic E-state index is 13.9. The molecule has 152 valence electrons. The Kier molecular flexibility index (Phi) is 5.79. The lowest BCUT2D eigenvalue weighted by Gasteiger charge is -2.39. The van der Waals surface area contributed by atoms with Gasteiger partial charge >= 0.3 is 0 Å². The molecule has 2 aliphatic heterocycles. The first-order chi connectivity index (χ1) is 14.1. The molecule has 2 saturated heterocycles. The molecule has 0 atom stereocenters. The van der Waals surface area contributed by atoms with Crippen LogP contribution in [0.25, 0.3) is 0 Å². The highest BCUT2D eigenvalue weighted by Crippen LogP contribution is 2.23. The molecule has 0 unspecified atom stereocenters. The smallest absolute Gasteiger partial charge is 0.256 e. The molecule has 0 aliphatic carbocycles. The molecule has 0 N–H and O–H groups in total. The highest BCUT2D eigenvalue weighted by atomic mass is 19.1. The standard InChI is InChI=1S/C23H26FN3O2/c24-21-9-5-4-8-20(21)23(29)26-12-10-18(11-13-26)22(28)27-16-14-25(15-17-27)19-6-2-1-3-7-19/h1-9,18H,10-17H2. The molecule has 2 aromatic rings. The van der Waals surface area contributed by atoms with Crippen molar-refractivity contribution < 1.29 is 14.0 Å². The predicted octanol–water partition coefficient (Wildman–Crippen LogP) is 3.03. The molecule has 4 rings (SSSR count). The zero-order valence-corrected chi connectivity index (χ0v) is 16.5. The third kappa shape index (κ3) is 4.26. The van der Waals surface area contributed by atoms with Crippen molar-refractivity contribution in [2.75, 3.05) is 44.2 Å². The second kappa shape index (κ2) is 8.64. The molecule has 6 heteroatoms. The molecule has 0 radical (unpaired) electrons. The quantitative estimate of drug-likeness (QED) is 0.803. The third-order valence-electron chi connectivity index (χ3n) is 5.95. The Balaban J connectivity index is 1.28. The van der Waals surface area contributed by atoms with Crippen LogP contribution in [0.15, 0.2) is 54.6 Å². The Bertz CT molecular complexity index is 857. The average Bonchev–Trinajstić information content (AvgIpc) is 2.79. The van der Waals surface area contributed by atoms with Crippen LogP contribution in [0, 0.1) is 11.7 Å². The minimum atomic E-state index is -0.494. The van der Waals surface area contributed by atoms with Gasteiger partial charge in [-0.05, 0) is 37.1 Å². The van der Waals surface area contributed by atoms with Gasteiger partial charge in [0.15, 0.2) is 0 Å². The lowest BCUT2D eigenvalue weighted by molar-refractivity contribution is -0.137. The molecule has 29 heavy (non-hydrogen) atoms. The summed E-state index contributed by atoms with van der Waals surface area (Å²) >= 11 is 0. The molecule has 0 bridgehead atoms. The van der Waals surface area contributed by atoms with Gasteiger partial charge in [0.25, 0.3) is 5.91 Å². The van der Waals surface area contributed by atoms with E-state index in [1.165, 1.54) is 17.8 Å². The van der Waals surface area contributed by atoms with Crippen LogP contribution >= 0.6 is 0 Å². The molecule has 2 fully saturated rings. The van der Waals surface area contributed by atoms with Crippen LogP contribution < -0.4 is 4.90 Å². The summed E-state index contributed by atoms with van der Waals surface area (Å²) in [6, 6.07) is 16.3. The zero-order chi connectivity index (χ0) is 20.2. The largest absolute Gasteiger partial charge is 0.368 e. The highest BCUT2D eigenvalue weighted by Gasteiger charge is 2.32. The van der Waals surface area contributed by atoms with Crippen LogP contribution in [0.3, 0.4) is 0 Å². The Morgan fingerprint density at radius 1 is 0.759 bits per heavy atom. The van der Waals surface area contributed by atoms with Gasteiger partial charge in [0.1, 0.15) is 5.82 Å². The number of piperazine rings is 1. The summed E-state index contributed by atoms with van der Waals surface area (Å²) in [6.07, 6.45) is 1.27. The summed E-state index contributed by atoms with van der Waals surface area (Å²) in [4.78, 5) is 31.4. The first kappa shape index (κ1) is 19.4. The van der Waals surface area contributed by atoms with Crippen LogP contribution in [0.2, 0.25) is 0 Å². The van der Waals surface area contributed by atoms with Crippen molar-refractivity contribution in [3.8, 4) is 0 Å². The van der Waals surface area contributed by atoms with Gasteiger partial charge in [0.2, 0.25) is 5.91 Å². The summed E-state index contributed by atoms with van der Waals surface area (Å²) in [5.41, 5.74) is 1.30. The minimum absolute atomic E-state index is 0.0528. The van der Waals surface area contributed by atoms with Crippen molar-refractivity contribution >= 4 is 17.5 Å². The van der Waals surface area contributed by atoms with Gasteiger partial charge in [0, 0.05) is 50.9 Å². The third-order valence-corrected chi connectivity index (χ3v) is 5.95. The lowest BCUT2D eigenvalue weighted by atomic mass is 9.94. The van der Waals surface area contributed by atoms with Crippen LogP contribution in [0.4, 0.5) is 10.1 Å². The highest BCUT2D eigenvalue weighted by molar-refractivity contribution is 5.94. The topological polar surface area (TPSA) is 43.9 Å². The van der Waals surface area contributed by atoms with E-state index in [4.69, 9.17) is 0 Å². The number of halogens is 1. The second-order valence-corrected chi connectivity index (χ2v) is 7.69. The molecule has 0 saturated carbocycles. The van der Waals surface area contributed by atoms with E-state index in [2.05, 4.69) is 17.0 Å². The molecule has 0 spiro atoms. The molecule has 2 aliphatic rings. The van der Waals surface area contributed by atoms with Crippen LogP contribution in [-0.2, 0) is 4.79 Å². The van der Waals surface area contributed by atoms with Crippen LogP contribution in [0.1, 0.15) is 23.2 Å². The molecule has 5 nitrogen and oxygen atoms in total. The Morgan fingerprint density at radius 2 is 1.38 bits per heavy atom. The Labute approximate surface area is 170 Å². The van der Waals surface area contributed by atoms with Crippen LogP contribution in [-0.4, -0.2) is 60.9 Å². The Hall–Kier alpha value is -2.89. The number of anilines is 1. The van der Waals surface area contributed by atoms with E-state index < -0.39 is 5.82 Å². The van der Waals surface area contributed by atoms with Gasteiger partial charge in [-0.2, -0.15) is 0 Å². The fourth-order valence-corrected chi connectivity index (χ4v) is 4.22. The van der Waals surface area contributed by atoms with E-state index in [0.717, 1.165) is 26.2 Å². The summed E-state index contributed by atoms with van der Waals surface area (Å²) in [7, 11) is 0. The summed E-state index contributed by atoms with van der Waals surface area (Å²) in [6.45, 7) is 4.10. The fraction of sp³-hybridized carbons (Fsp3) is 0.391. The predicted molar refractivity (Wildman–Crippen MR) is 110 cm³/mol. The van der Waals surface area contributed by atoms with Gasteiger partial charge in [0.05, 0.1) is 5.56 Å². The number of nitrogens with zero attached hydrogens (tertiary/aromatic N) is 3. The number of benzene rings is 2. The van der Waals surface area contributed by atoms with E-state index in [9.17, 15) is 14.0 Å². The lowest BCUT2D eigenvalue weighted by Crippen LogP contribution is -2.52. The van der Waals surface area contributed by atoms with Crippen molar-refractivity contribution in [2.24, 2.45) is 5.92 Å². The van der Waals surface area contributed by atoms with Gasteiger partial charge < -0.3 is 14.7 Å². The summed E-state index contributed by atoms with van der Waals surface area (Å²) in [5, 5.41) is 0. The molecule has 2 aromatic carbocycles. The van der Waals surface area contributed by atoms with Crippen LogP contribution in [0.5, 0.6) is 0 Å². The van der Waals surface area contributed by atoms with Gasteiger partial charge in [-0.15, -0.1) is 0 Å². The first-order valence-electron chi connectivity index (χ1n) is 10.3. The second-order valence-electron chi connectivity index (χ2n) is 7.69. The van der Waals surface area contributed by atoms with Crippen molar-refractivity contribution in [1.82, 2.24) is 9.80 Å². The molecule has 2 amide bonds. The number of carbonyl (C=O) groups is 2. The zero-order valence-electron chi connectivity index (χ0n) is 16.5. The van der Waals surface area contributed by atoms with Gasteiger partial charge in [-0.3, -0.25) is 9.59 Å². The molecule has 2 heterocycles. The molecular formula is C23H26FN3O2. The number of hydrogen-bond acceptors (Lipinski definition) is 3. The number of carbonyl (C=O) groups excluding carboxylic acids is 2. The number of hydrogen-bond donors (Lipinski definition) is 0. The van der Waals surface area contributed by atoms with Crippen molar-refractivity contribution in [2.45, 2.75) is 12.8 Å². The van der Waals surface area contributed by atoms with E-state index in [0.29, 0.717) is 25.9 Å². The SMILES string of the molecule is O=C(c1ccccc1F)N1CCC(C(=O)N2CCN(c3ccccc3)CC2)CC1. The van der Waals surface area contributed by atoms with Crippen molar-refractivity contribution in [3.05, 3.63) is 66.0 Å². The van der Waals surface area contributed by atoms with Gasteiger partial charge in [-0.25, -0.2) is 4.39 Å². The van der Waals surface area contributed by atoms with Gasteiger partial charge in [-0.1, -0.05) is 30.3 Å². The fourth-order valence-electron chi connectivity index (χ4n) is 4.22. The monoisotopic (exact) mass is 395 g/mol. The van der Waals surface area contributed by atoms with Crippen molar-refractivity contribution in [3.63, 3.8) is 0 Å². The normalized spacial score (nSPS) is 18.0. The number of rotatable bonds is 3. The van der Waals surface area contributed by atoms with Crippen molar-refractivity contribution in [1.29, 1.82) is 0 Å². The van der Waals surface area contributed by atoms with E-state index in [-0.39, 0.29) is 23.3 Å². The van der Waals surface area contributed by atoms with E-state index in [1.54, 1.807) is 17.0 Å². The average molecular weight is 395 g/mol. The minimum Gasteiger partial charge on any atom is -0.368 e. The van der Waals surface area contributed by atoms with E-state index in [1.807, 2.05) is 23.1 Å². The number of likely N-dealkylation sites (tertiary alicyclic amines) is 1. The molecule has 0 aromatic heterocycles. The summed E-state index contributed by atoms with van der Waals surface area (Å²) < 4.78 is 13.9. The Morgan fingerprint density at radius 3 is 2.03 bits per heavy atom. The number of para-hydroxylation sites is 1. The maximum Gasteiger partial charge on any atom is 0.256 e. The first-order valence-corrected chi connectivity index (χ1v) is 10.3.